The van der Waals surface area contributed by atoms with E-state index in [1.54, 1.807) is 0 Å². The van der Waals surface area contributed by atoms with Crippen molar-refractivity contribution in [2.24, 2.45) is 0 Å². The standard InChI is InChI=1S/C19H46O3Si4/c1-11-12-13-14-15-16-17-18-19-26(20-23(2,3)4,21-24(5,6)7)22-25(8,9)10/h11H,1,12-19H2,2-10H3. The van der Waals surface area contributed by atoms with Crippen molar-refractivity contribution >= 4 is 33.8 Å². The number of rotatable bonds is 15. The van der Waals surface area contributed by atoms with Crippen LogP contribution in [0.2, 0.25) is 65.0 Å². The van der Waals surface area contributed by atoms with Crippen molar-refractivity contribution in [3.05, 3.63) is 12.7 Å². The molecule has 0 spiro atoms. The van der Waals surface area contributed by atoms with E-state index < -0.39 is 33.8 Å². The van der Waals surface area contributed by atoms with Crippen molar-refractivity contribution in [2.75, 3.05) is 0 Å². The van der Waals surface area contributed by atoms with E-state index in [9.17, 15) is 0 Å². The molecular formula is C19H46O3Si4. The van der Waals surface area contributed by atoms with Gasteiger partial charge < -0.3 is 12.3 Å². The molecule has 156 valence electrons. The molecule has 0 fully saturated rings. The van der Waals surface area contributed by atoms with E-state index in [0.29, 0.717) is 0 Å². The summed E-state index contributed by atoms with van der Waals surface area (Å²) < 4.78 is 20.2. The molecule has 0 aliphatic heterocycles. The highest BCUT2D eigenvalue weighted by atomic mass is 28.5. The molecule has 0 atom stereocenters. The Kier molecular flexibility index (Phi) is 11.7. The third-order valence-electron chi connectivity index (χ3n) is 3.53. The molecule has 0 aliphatic carbocycles. The summed E-state index contributed by atoms with van der Waals surface area (Å²) in [4.78, 5) is 0. The summed E-state index contributed by atoms with van der Waals surface area (Å²) >= 11 is 0. The maximum absolute atomic E-state index is 6.73. The van der Waals surface area contributed by atoms with Crippen molar-refractivity contribution in [1.29, 1.82) is 0 Å². The molecule has 0 aromatic rings. The molecule has 0 aromatic heterocycles. The zero-order valence-electron chi connectivity index (χ0n) is 19.2. The van der Waals surface area contributed by atoms with Gasteiger partial charge in [-0.05, 0) is 78.2 Å². The maximum Gasteiger partial charge on any atom is 0.469 e. The maximum atomic E-state index is 6.73. The summed E-state index contributed by atoms with van der Waals surface area (Å²) in [5, 5.41) is 0. The van der Waals surface area contributed by atoms with Gasteiger partial charge >= 0.3 is 8.80 Å². The SMILES string of the molecule is C=CCCCCCCCC[Si](O[Si](C)(C)C)(O[Si](C)(C)C)O[Si](C)(C)C. The Hall–Kier alpha value is 0.488. The van der Waals surface area contributed by atoms with Crippen molar-refractivity contribution in [3.63, 3.8) is 0 Å². The van der Waals surface area contributed by atoms with E-state index in [1.165, 1.54) is 32.1 Å². The van der Waals surface area contributed by atoms with Crippen LogP contribution in [0.5, 0.6) is 0 Å². The molecule has 0 N–H and O–H groups in total. The van der Waals surface area contributed by atoms with Crippen molar-refractivity contribution in [2.45, 2.75) is 110 Å². The average Bonchev–Trinajstić information content (AvgIpc) is 2.35. The first-order chi connectivity index (χ1) is 11.7. The number of hydrogen-bond acceptors (Lipinski definition) is 3. The minimum atomic E-state index is -2.61. The minimum absolute atomic E-state index is 0.985. The van der Waals surface area contributed by atoms with Gasteiger partial charge in [-0.3, -0.25) is 0 Å². The average molecular weight is 435 g/mol. The number of hydrogen-bond donors (Lipinski definition) is 0. The lowest BCUT2D eigenvalue weighted by atomic mass is 10.1. The molecule has 0 saturated carbocycles. The smallest absolute Gasteiger partial charge is 0.417 e. The van der Waals surface area contributed by atoms with Gasteiger partial charge in [0.25, 0.3) is 0 Å². The Labute approximate surface area is 168 Å². The molecule has 0 heterocycles. The van der Waals surface area contributed by atoms with Gasteiger partial charge in [0.1, 0.15) is 0 Å². The highest BCUT2D eigenvalue weighted by Gasteiger charge is 2.49. The van der Waals surface area contributed by atoms with E-state index in [0.717, 1.165) is 18.9 Å². The predicted molar refractivity (Wildman–Crippen MR) is 126 cm³/mol. The van der Waals surface area contributed by atoms with Gasteiger partial charge in [0, 0.05) is 6.04 Å². The molecule has 26 heavy (non-hydrogen) atoms. The van der Waals surface area contributed by atoms with E-state index in [2.05, 4.69) is 65.5 Å². The Morgan fingerprint density at radius 2 is 0.923 bits per heavy atom. The fourth-order valence-corrected chi connectivity index (χ4v) is 17.7. The van der Waals surface area contributed by atoms with Crippen LogP contribution >= 0.6 is 0 Å². The zero-order valence-corrected chi connectivity index (χ0v) is 23.2. The molecule has 0 amide bonds. The van der Waals surface area contributed by atoms with Gasteiger partial charge in [-0.2, -0.15) is 0 Å². The van der Waals surface area contributed by atoms with Gasteiger partial charge in [-0.15, -0.1) is 6.58 Å². The molecule has 3 nitrogen and oxygen atoms in total. The van der Waals surface area contributed by atoms with Crippen LogP contribution in [-0.4, -0.2) is 33.8 Å². The Balaban J connectivity index is 4.90. The minimum Gasteiger partial charge on any atom is -0.417 e. The van der Waals surface area contributed by atoms with Gasteiger partial charge in [0.2, 0.25) is 0 Å². The lowest BCUT2D eigenvalue weighted by Gasteiger charge is -2.43. The van der Waals surface area contributed by atoms with Crippen molar-refractivity contribution < 1.29 is 12.3 Å². The number of allylic oxidation sites excluding steroid dienone is 1. The summed E-state index contributed by atoms with van der Waals surface area (Å²) in [7, 11) is -7.82. The first-order valence-corrected chi connectivity index (χ1v) is 22.6. The first-order valence-electron chi connectivity index (χ1n) is 10.4. The topological polar surface area (TPSA) is 27.7 Å². The second-order valence-corrected chi connectivity index (χ2v) is 27.3. The largest absolute Gasteiger partial charge is 0.469 e. The molecule has 0 aliphatic rings. The van der Waals surface area contributed by atoms with E-state index in [4.69, 9.17) is 12.3 Å². The lowest BCUT2D eigenvalue weighted by molar-refractivity contribution is 0.250. The van der Waals surface area contributed by atoms with E-state index in [-0.39, 0.29) is 0 Å². The lowest BCUT2D eigenvalue weighted by Crippen LogP contribution is -2.60. The predicted octanol–water partition coefficient (Wildman–Crippen LogP) is 7.40. The Morgan fingerprint density at radius 1 is 0.577 bits per heavy atom. The van der Waals surface area contributed by atoms with E-state index in [1.807, 2.05) is 6.08 Å². The summed E-state index contributed by atoms with van der Waals surface area (Å²) in [5.41, 5.74) is 0. The van der Waals surface area contributed by atoms with Gasteiger partial charge in [0.05, 0.1) is 0 Å². The quantitative estimate of drug-likeness (QED) is 0.153. The van der Waals surface area contributed by atoms with Crippen LogP contribution in [0.3, 0.4) is 0 Å². The second kappa shape index (κ2) is 11.5. The first kappa shape index (κ1) is 26.5. The van der Waals surface area contributed by atoms with Gasteiger partial charge in [0.15, 0.2) is 25.0 Å². The number of unbranched alkanes of at least 4 members (excludes halogenated alkanes) is 6. The molecular weight excluding hydrogens is 389 g/mol. The molecule has 0 aromatic carbocycles. The van der Waals surface area contributed by atoms with Crippen LogP contribution in [0, 0.1) is 0 Å². The molecule has 0 rings (SSSR count). The fraction of sp³-hybridized carbons (Fsp3) is 0.895. The molecule has 7 heteroatoms. The van der Waals surface area contributed by atoms with Crippen LogP contribution in [0.1, 0.15) is 44.9 Å². The Bertz CT molecular complexity index is 354. The van der Waals surface area contributed by atoms with Crippen LogP contribution in [-0.2, 0) is 12.3 Å². The zero-order chi connectivity index (χ0) is 20.5. The Morgan fingerprint density at radius 3 is 1.27 bits per heavy atom. The highest BCUT2D eigenvalue weighted by Crippen LogP contribution is 2.30. The normalized spacial score (nSPS) is 13.9. The molecule has 0 saturated heterocycles. The van der Waals surface area contributed by atoms with Gasteiger partial charge in [-0.1, -0.05) is 31.8 Å². The van der Waals surface area contributed by atoms with Crippen molar-refractivity contribution in [3.8, 4) is 0 Å². The molecule has 0 bridgehead atoms. The summed E-state index contributed by atoms with van der Waals surface area (Å²) in [6.45, 7) is 24.1. The third-order valence-corrected chi connectivity index (χ3v) is 15.6. The van der Waals surface area contributed by atoms with Crippen molar-refractivity contribution in [1.82, 2.24) is 0 Å². The van der Waals surface area contributed by atoms with Crippen LogP contribution < -0.4 is 0 Å². The fourth-order valence-electron chi connectivity index (χ4n) is 2.95. The monoisotopic (exact) mass is 434 g/mol. The second-order valence-electron chi connectivity index (χ2n) is 10.3. The van der Waals surface area contributed by atoms with Crippen LogP contribution in [0.15, 0.2) is 12.7 Å². The summed E-state index contributed by atoms with van der Waals surface area (Å²) in [6.07, 6.45) is 10.8. The summed E-state index contributed by atoms with van der Waals surface area (Å²) in [5.74, 6) is 0. The highest BCUT2D eigenvalue weighted by molar-refractivity contribution is 6.90. The third kappa shape index (κ3) is 15.5. The van der Waals surface area contributed by atoms with E-state index >= 15 is 0 Å². The molecule has 0 radical (unpaired) electrons. The summed E-state index contributed by atoms with van der Waals surface area (Å²) in [6, 6.07) is 0.985. The molecule has 0 unspecified atom stereocenters. The van der Waals surface area contributed by atoms with Crippen LogP contribution in [0.25, 0.3) is 0 Å². The van der Waals surface area contributed by atoms with Crippen LogP contribution in [0.4, 0.5) is 0 Å². The van der Waals surface area contributed by atoms with Gasteiger partial charge in [-0.25, -0.2) is 0 Å².